The zero-order valence-corrected chi connectivity index (χ0v) is 31.6. The summed E-state index contributed by atoms with van der Waals surface area (Å²) in [5.41, 5.74) is -2.69. The first-order valence-electron chi connectivity index (χ1n) is 16.7. The molecule has 0 aromatic heterocycles. The number of carbonyl (C=O) groups is 8. The Balaban J connectivity index is 6.35. The lowest BCUT2D eigenvalue weighted by atomic mass is 10.0. The fourth-order valence-electron chi connectivity index (χ4n) is 4.21. The summed E-state index contributed by atoms with van der Waals surface area (Å²) < 4.78 is 15.8. The van der Waals surface area contributed by atoms with Gasteiger partial charge >= 0.3 is 23.9 Å². The quantitative estimate of drug-likeness (QED) is 0.0772. The lowest BCUT2D eigenvalue weighted by molar-refractivity contribution is -0.159. The molecule has 16 heteroatoms. The first kappa shape index (κ1) is 46.3. The normalized spacial score (nSPS) is 14.0. The van der Waals surface area contributed by atoms with Crippen LogP contribution in [0.25, 0.3) is 0 Å². The number of rotatable bonds is 18. The molecular weight excluding hydrogens is 668 g/mol. The molecule has 0 heterocycles. The second-order valence-corrected chi connectivity index (χ2v) is 15.2. The molecule has 0 aliphatic rings. The van der Waals surface area contributed by atoms with E-state index in [-0.39, 0.29) is 25.7 Å². The summed E-state index contributed by atoms with van der Waals surface area (Å²) in [7, 11) is 0. The predicted octanol–water partition coefficient (Wildman–Crippen LogP) is 1.67. The maximum absolute atomic E-state index is 13.7. The van der Waals surface area contributed by atoms with Crippen molar-refractivity contribution in [3.8, 4) is 12.3 Å². The van der Waals surface area contributed by atoms with Gasteiger partial charge in [0.15, 0.2) is 0 Å². The van der Waals surface area contributed by atoms with Gasteiger partial charge in [-0.2, -0.15) is 0 Å². The van der Waals surface area contributed by atoms with Crippen molar-refractivity contribution in [3.05, 3.63) is 0 Å². The molecule has 0 radical (unpaired) electrons. The Bertz CT molecular complexity index is 1320. The third-order valence-corrected chi connectivity index (χ3v) is 6.28. The zero-order valence-electron chi connectivity index (χ0n) is 31.6. The Morgan fingerprint density at radius 1 is 0.608 bits per heavy atom. The molecule has 0 spiro atoms. The van der Waals surface area contributed by atoms with E-state index in [0.717, 1.165) is 0 Å². The van der Waals surface area contributed by atoms with Gasteiger partial charge < -0.3 is 40.6 Å². The number of amides is 4. The molecule has 51 heavy (non-hydrogen) atoms. The van der Waals surface area contributed by atoms with E-state index in [1.807, 2.05) is 0 Å². The fourth-order valence-corrected chi connectivity index (χ4v) is 4.21. The average molecular weight is 725 g/mol. The van der Waals surface area contributed by atoms with Crippen LogP contribution in [-0.2, 0) is 52.6 Å². The number of carboxylic acids is 1. The van der Waals surface area contributed by atoms with Crippen molar-refractivity contribution in [3.63, 3.8) is 0 Å². The highest BCUT2D eigenvalue weighted by Gasteiger charge is 2.35. The first-order valence-corrected chi connectivity index (χ1v) is 16.7. The van der Waals surface area contributed by atoms with Crippen LogP contribution in [0.5, 0.6) is 0 Å². The van der Waals surface area contributed by atoms with Gasteiger partial charge in [-0.05, 0) is 74.7 Å². The molecule has 0 bridgehead atoms. The molecule has 5 N–H and O–H groups in total. The van der Waals surface area contributed by atoms with E-state index in [9.17, 15) is 43.5 Å². The SMILES string of the molecule is C#CCCC(=O)N[C@@H](CC(=O)OC(C)(C)C)C(=O)N[C@@H](CCC(=O)OC(C)(C)C)C(=O)N[C@H](C(=O)N[C@@H](CC(=O)OC(C)(C)C)C(=O)O)C(C)C. The van der Waals surface area contributed by atoms with Crippen LogP contribution in [0.15, 0.2) is 0 Å². The third kappa shape index (κ3) is 21.2. The van der Waals surface area contributed by atoms with Gasteiger partial charge in [0.2, 0.25) is 23.6 Å². The number of carboxylic acid groups (broad SMARTS) is 1. The second-order valence-electron chi connectivity index (χ2n) is 15.2. The minimum absolute atomic E-state index is 0.0483. The number of terminal acetylenes is 1. The zero-order chi connectivity index (χ0) is 39.9. The summed E-state index contributed by atoms with van der Waals surface area (Å²) in [4.78, 5) is 103. The smallest absolute Gasteiger partial charge is 0.326 e. The van der Waals surface area contributed by atoms with E-state index in [1.54, 1.807) is 76.2 Å². The molecule has 4 atom stereocenters. The lowest BCUT2D eigenvalue weighted by Crippen LogP contribution is -2.59. The van der Waals surface area contributed by atoms with Crippen molar-refractivity contribution in [1.29, 1.82) is 0 Å². The van der Waals surface area contributed by atoms with Crippen LogP contribution < -0.4 is 21.3 Å². The Labute approximate surface area is 300 Å². The van der Waals surface area contributed by atoms with Gasteiger partial charge in [-0.1, -0.05) is 13.8 Å². The van der Waals surface area contributed by atoms with Crippen molar-refractivity contribution >= 4 is 47.5 Å². The molecule has 0 aliphatic carbocycles. The number of carbonyl (C=O) groups excluding carboxylic acids is 7. The van der Waals surface area contributed by atoms with Crippen molar-refractivity contribution in [2.45, 2.75) is 156 Å². The topological polar surface area (TPSA) is 233 Å². The molecule has 0 saturated carbocycles. The second kappa shape index (κ2) is 20.2. The Morgan fingerprint density at radius 3 is 1.47 bits per heavy atom. The van der Waals surface area contributed by atoms with Crippen LogP contribution in [0.4, 0.5) is 0 Å². The molecule has 0 aromatic rings. The van der Waals surface area contributed by atoms with E-state index in [4.69, 9.17) is 20.6 Å². The maximum atomic E-state index is 13.7. The summed E-state index contributed by atoms with van der Waals surface area (Å²) in [5.74, 6) is -5.80. The molecule has 0 fully saturated rings. The van der Waals surface area contributed by atoms with Gasteiger partial charge in [0.1, 0.15) is 41.0 Å². The Hall–Kier alpha value is -4.68. The monoisotopic (exact) mass is 724 g/mol. The summed E-state index contributed by atoms with van der Waals surface area (Å²) in [6, 6.07) is -6.10. The van der Waals surface area contributed by atoms with Crippen molar-refractivity contribution < 1.29 is 57.7 Å². The van der Waals surface area contributed by atoms with Gasteiger partial charge in [0.05, 0.1) is 12.8 Å². The maximum Gasteiger partial charge on any atom is 0.326 e. The van der Waals surface area contributed by atoms with Crippen LogP contribution >= 0.6 is 0 Å². The molecule has 4 amide bonds. The highest BCUT2D eigenvalue weighted by molar-refractivity contribution is 5.96. The summed E-state index contributed by atoms with van der Waals surface area (Å²) in [6.45, 7) is 17.6. The van der Waals surface area contributed by atoms with Gasteiger partial charge in [0.25, 0.3) is 0 Å². The van der Waals surface area contributed by atoms with Crippen LogP contribution in [0, 0.1) is 18.3 Å². The van der Waals surface area contributed by atoms with Crippen LogP contribution in [0.1, 0.15) is 115 Å². The molecule has 0 unspecified atom stereocenters. The van der Waals surface area contributed by atoms with Crippen molar-refractivity contribution in [1.82, 2.24) is 21.3 Å². The first-order chi connectivity index (χ1) is 23.1. The van der Waals surface area contributed by atoms with E-state index in [2.05, 4.69) is 27.2 Å². The third-order valence-electron chi connectivity index (χ3n) is 6.28. The standard InChI is InChI=1S/C35H56N4O12/c1-13-14-15-24(40)36-22(18-26(42)50-34(7,8)9)30(45)37-21(16-17-25(41)49-33(4,5)6)29(44)39-28(20(2)3)31(46)38-23(32(47)48)19-27(43)51-35(10,11)12/h1,20-23,28H,14-19H2,2-12H3,(H,36,40)(H,37,45)(H,38,46)(H,39,44)(H,47,48)/t21-,22-,23-,28-/m0/s1. The Kier molecular flexibility index (Phi) is 18.4. The van der Waals surface area contributed by atoms with Gasteiger partial charge in [-0.15, -0.1) is 12.3 Å². The van der Waals surface area contributed by atoms with Crippen LogP contribution in [0.3, 0.4) is 0 Å². The van der Waals surface area contributed by atoms with Crippen LogP contribution in [0.2, 0.25) is 0 Å². The van der Waals surface area contributed by atoms with Gasteiger partial charge in [-0.3, -0.25) is 33.6 Å². The van der Waals surface area contributed by atoms with E-state index >= 15 is 0 Å². The fraction of sp³-hybridized carbons (Fsp3) is 0.714. The molecule has 16 nitrogen and oxygen atoms in total. The molecule has 0 aliphatic heterocycles. The predicted molar refractivity (Wildman–Crippen MR) is 184 cm³/mol. The molecule has 288 valence electrons. The summed E-state index contributed by atoms with van der Waals surface area (Å²) in [6.07, 6.45) is 3.11. The van der Waals surface area contributed by atoms with Crippen LogP contribution in [-0.4, -0.2) is 93.6 Å². The van der Waals surface area contributed by atoms with E-state index in [0.29, 0.717) is 0 Å². The minimum atomic E-state index is -1.69. The van der Waals surface area contributed by atoms with Gasteiger partial charge in [0, 0.05) is 19.3 Å². The summed E-state index contributed by atoms with van der Waals surface area (Å²) in [5, 5.41) is 19.3. The molecule has 0 saturated heterocycles. The number of hydrogen-bond donors (Lipinski definition) is 5. The van der Waals surface area contributed by atoms with Crippen molar-refractivity contribution in [2.24, 2.45) is 5.92 Å². The number of esters is 3. The highest BCUT2D eigenvalue weighted by atomic mass is 16.6. The molecular formula is C35H56N4O12. The number of nitrogens with one attached hydrogen (secondary N) is 4. The van der Waals surface area contributed by atoms with E-state index < -0.39 is 107 Å². The Morgan fingerprint density at radius 2 is 1.04 bits per heavy atom. The number of ether oxygens (including phenoxy) is 3. The number of aliphatic carboxylic acids is 1. The highest BCUT2D eigenvalue weighted by Crippen LogP contribution is 2.14. The molecule has 0 aromatic carbocycles. The van der Waals surface area contributed by atoms with Gasteiger partial charge in [-0.25, -0.2) is 4.79 Å². The van der Waals surface area contributed by atoms with Crippen molar-refractivity contribution in [2.75, 3.05) is 0 Å². The minimum Gasteiger partial charge on any atom is -0.480 e. The number of hydrogen-bond acceptors (Lipinski definition) is 11. The largest absolute Gasteiger partial charge is 0.480 e. The van der Waals surface area contributed by atoms with E-state index in [1.165, 1.54) is 0 Å². The molecule has 0 rings (SSSR count). The summed E-state index contributed by atoms with van der Waals surface area (Å²) >= 11 is 0. The average Bonchev–Trinajstić information content (AvgIpc) is 2.92. The lowest BCUT2D eigenvalue weighted by Gasteiger charge is -2.28.